The van der Waals surface area contributed by atoms with Crippen LogP contribution in [0.15, 0.2) is 18.2 Å². The Hall–Kier alpha value is -1.75. The molecule has 1 aromatic rings. The highest BCUT2D eigenvalue weighted by Crippen LogP contribution is 2.29. The van der Waals surface area contributed by atoms with Gasteiger partial charge in [0.05, 0.1) is 13.2 Å². The van der Waals surface area contributed by atoms with E-state index in [2.05, 4.69) is 5.32 Å². The summed E-state index contributed by atoms with van der Waals surface area (Å²) in [5.74, 6) is 1.40. The molecule has 0 spiro atoms. The fourth-order valence-electron chi connectivity index (χ4n) is 2.35. The molecule has 0 aromatic heterocycles. The molecule has 0 radical (unpaired) electrons. The van der Waals surface area contributed by atoms with Crippen LogP contribution in [-0.2, 0) is 16.1 Å². The van der Waals surface area contributed by atoms with Crippen molar-refractivity contribution in [3.63, 3.8) is 0 Å². The molecule has 0 saturated carbocycles. The SMILES string of the molecule is COc1cc(CNC(=O)C(C)(C)C)ccc1OCC1CCCO1. The summed E-state index contributed by atoms with van der Waals surface area (Å²) in [5, 5.41) is 2.93. The number of hydrogen-bond acceptors (Lipinski definition) is 4. The lowest BCUT2D eigenvalue weighted by Gasteiger charge is -2.18. The highest BCUT2D eigenvalue weighted by molar-refractivity contribution is 5.81. The summed E-state index contributed by atoms with van der Waals surface area (Å²) in [6.45, 7) is 7.51. The van der Waals surface area contributed by atoms with Crippen molar-refractivity contribution in [1.82, 2.24) is 5.32 Å². The molecule has 1 aliphatic heterocycles. The zero-order chi connectivity index (χ0) is 16.9. The van der Waals surface area contributed by atoms with Gasteiger partial charge in [-0.05, 0) is 30.5 Å². The minimum absolute atomic E-state index is 0.0233. The normalized spacial score (nSPS) is 17.8. The van der Waals surface area contributed by atoms with Crippen LogP contribution < -0.4 is 14.8 Å². The summed E-state index contributed by atoms with van der Waals surface area (Å²) in [4.78, 5) is 11.9. The summed E-state index contributed by atoms with van der Waals surface area (Å²) in [5.41, 5.74) is 0.581. The second kappa shape index (κ2) is 7.68. The van der Waals surface area contributed by atoms with Gasteiger partial charge in [-0.1, -0.05) is 26.8 Å². The Kier molecular flexibility index (Phi) is 5.88. The lowest BCUT2D eigenvalue weighted by atomic mass is 9.95. The molecule has 23 heavy (non-hydrogen) atoms. The first-order valence-corrected chi connectivity index (χ1v) is 8.10. The molecule has 0 aliphatic carbocycles. The molecular formula is C18H27NO4. The van der Waals surface area contributed by atoms with E-state index >= 15 is 0 Å². The Morgan fingerprint density at radius 3 is 2.74 bits per heavy atom. The van der Waals surface area contributed by atoms with Gasteiger partial charge in [0.15, 0.2) is 11.5 Å². The van der Waals surface area contributed by atoms with Gasteiger partial charge in [0.25, 0.3) is 0 Å². The molecular weight excluding hydrogens is 294 g/mol. The van der Waals surface area contributed by atoms with Crippen molar-refractivity contribution in [3.05, 3.63) is 23.8 Å². The van der Waals surface area contributed by atoms with Gasteiger partial charge in [0.2, 0.25) is 5.91 Å². The first kappa shape index (κ1) is 17.6. The van der Waals surface area contributed by atoms with Crippen LogP contribution in [0.5, 0.6) is 11.5 Å². The predicted molar refractivity (Wildman–Crippen MR) is 88.8 cm³/mol. The zero-order valence-corrected chi connectivity index (χ0v) is 14.5. The van der Waals surface area contributed by atoms with E-state index in [0.717, 1.165) is 25.0 Å². The first-order chi connectivity index (χ1) is 10.9. The highest BCUT2D eigenvalue weighted by Gasteiger charge is 2.21. The van der Waals surface area contributed by atoms with Crippen molar-refractivity contribution >= 4 is 5.91 Å². The summed E-state index contributed by atoms with van der Waals surface area (Å²) in [6.07, 6.45) is 2.31. The van der Waals surface area contributed by atoms with E-state index in [1.165, 1.54) is 0 Å². The van der Waals surface area contributed by atoms with E-state index in [0.29, 0.717) is 24.7 Å². The summed E-state index contributed by atoms with van der Waals surface area (Å²) >= 11 is 0. The zero-order valence-electron chi connectivity index (χ0n) is 14.5. The Morgan fingerprint density at radius 2 is 2.13 bits per heavy atom. The van der Waals surface area contributed by atoms with Gasteiger partial charge >= 0.3 is 0 Å². The predicted octanol–water partition coefficient (Wildman–Crippen LogP) is 2.92. The smallest absolute Gasteiger partial charge is 0.225 e. The maximum atomic E-state index is 11.9. The molecule has 1 heterocycles. The van der Waals surface area contributed by atoms with Gasteiger partial charge in [0.1, 0.15) is 6.61 Å². The molecule has 1 aromatic carbocycles. The monoisotopic (exact) mass is 321 g/mol. The second-order valence-corrected chi connectivity index (χ2v) is 6.86. The molecule has 1 saturated heterocycles. The van der Waals surface area contributed by atoms with Gasteiger partial charge in [-0.3, -0.25) is 4.79 Å². The average Bonchev–Trinajstić information content (AvgIpc) is 3.03. The van der Waals surface area contributed by atoms with Crippen LogP contribution in [-0.4, -0.2) is 32.3 Å². The molecule has 128 valence electrons. The topological polar surface area (TPSA) is 56.8 Å². The number of benzene rings is 1. The van der Waals surface area contributed by atoms with E-state index in [4.69, 9.17) is 14.2 Å². The maximum absolute atomic E-state index is 11.9. The van der Waals surface area contributed by atoms with Gasteiger partial charge in [-0.2, -0.15) is 0 Å². The number of nitrogens with one attached hydrogen (secondary N) is 1. The number of methoxy groups -OCH3 is 1. The van der Waals surface area contributed by atoms with Gasteiger partial charge < -0.3 is 19.5 Å². The molecule has 1 fully saturated rings. The average molecular weight is 321 g/mol. The fraction of sp³-hybridized carbons (Fsp3) is 0.611. The summed E-state index contributed by atoms with van der Waals surface area (Å²) in [7, 11) is 1.62. The lowest BCUT2D eigenvalue weighted by molar-refractivity contribution is -0.128. The van der Waals surface area contributed by atoms with Gasteiger partial charge in [-0.25, -0.2) is 0 Å². The van der Waals surface area contributed by atoms with Gasteiger partial charge in [0, 0.05) is 18.6 Å². The number of ether oxygens (including phenoxy) is 3. The number of carbonyl (C=O) groups is 1. The number of carbonyl (C=O) groups excluding carboxylic acids is 1. The molecule has 1 N–H and O–H groups in total. The van der Waals surface area contributed by atoms with Crippen LogP contribution in [0.2, 0.25) is 0 Å². The maximum Gasteiger partial charge on any atom is 0.225 e. The Morgan fingerprint density at radius 1 is 1.35 bits per heavy atom. The number of rotatable bonds is 6. The van der Waals surface area contributed by atoms with Crippen molar-refractivity contribution in [2.45, 2.75) is 46.3 Å². The van der Waals surface area contributed by atoms with Crippen molar-refractivity contribution in [1.29, 1.82) is 0 Å². The van der Waals surface area contributed by atoms with E-state index in [1.54, 1.807) is 7.11 Å². The highest BCUT2D eigenvalue weighted by atomic mass is 16.5. The molecule has 0 bridgehead atoms. The van der Waals surface area contributed by atoms with E-state index in [-0.39, 0.29) is 12.0 Å². The lowest BCUT2D eigenvalue weighted by Crippen LogP contribution is -2.34. The molecule has 5 nitrogen and oxygen atoms in total. The Labute approximate surface area is 138 Å². The van der Waals surface area contributed by atoms with Crippen LogP contribution in [0.25, 0.3) is 0 Å². The van der Waals surface area contributed by atoms with Crippen LogP contribution >= 0.6 is 0 Å². The standard InChI is InChI=1S/C18H27NO4/c1-18(2,3)17(20)19-11-13-7-8-15(16(10-13)21-4)23-12-14-6-5-9-22-14/h7-8,10,14H,5-6,9,11-12H2,1-4H3,(H,19,20). The molecule has 1 amide bonds. The molecule has 1 atom stereocenters. The Bertz CT molecular complexity index is 530. The Balaban J connectivity index is 1.94. The van der Waals surface area contributed by atoms with Gasteiger partial charge in [-0.15, -0.1) is 0 Å². The van der Waals surface area contributed by atoms with Crippen molar-refractivity contribution < 1.29 is 19.0 Å². The molecule has 1 aliphatic rings. The van der Waals surface area contributed by atoms with Crippen LogP contribution in [0.4, 0.5) is 0 Å². The molecule has 1 unspecified atom stereocenters. The van der Waals surface area contributed by atoms with Crippen LogP contribution in [0, 0.1) is 5.41 Å². The molecule has 2 rings (SSSR count). The van der Waals surface area contributed by atoms with Crippen LogP contribution in [0.1, 0.15) is 39.2 Å². The second-order valence-electron chi connectivity index (χ2n) is 6.86. The van der Waals surface area contributed by atoms with E-state index in [9.17, 15) is 4.79 Å². The van der Waals surface area contributed by atoms with Crippen LogP contribution in [0.3, 0.4) is 0 Å². The fourth-order valence-corrected chi connectivity index (χ4v) is 2.35. The van der Waals surface area contributed by atoms with Crippen molar-refractivity contribution in [2.24, 2.45) is 5.41 Å². The third kappa shape index (κ3) is 5.13. The van der Waals surface area contributed by atoms with E-state index < -0.39 is 5.41 Å². The number of amides is 1. The number of hydrogen-bond donors (Lipinski definition) is 1. The minimum Gasteiger partial charge on any atom is -0.493 e. The first-order valence-electron chi connectivity index (χ1n) is 8.10. The molecule has 5 heteroatoms. The van der Waals surface area contributed by atoms with Crippen molar-refractivity contribution in [3.8, 4) is 11.5 Å². The van der Waals surface area contributed by atoms with Crippen molar-refractivity contribution in [2.75, 3.05) is 20.3 Å². The van der Waals surface area contributed by atoms with E-state index in [1.807, 2.05) is 39.0 Å². The summed E-state index contributed by atoms with van der Waals surface area (Å²) in [6, 6.07) is 5.72. The third-order valence-corrected chi connectivity index (χ3v) is 3.81. The largest absolute Gasteiger partial charge is 0.493 e. The quantitative estimate of drug-likeness (QED) is 0.875. The minimum atomic E-state index is -0.394. The summed E-state index contributed by atoms with van der Waals surface area (Å²) < 4.78 is 16.8. The third-order valence-electron chi connectivity index (χ3n) is 3.81.